The predicted octanol–water partition coefficient (Wildman–Crippen LogP) is 7.14. The smallest absolute Gasteiger partial charge is 0.264 e. The molecule has 0 radical (unpaired) electrons. The fourth-order valence-corrected chi connectivity index (χ4v) is 6.92. The number of nitrogens with zero attached hydrogens (tertiary/aromatic N) is 2. The molecule has 1 N–H and O–H groups in total. The van der Waals surface area contributed by atoms with Crippen molar-refractivity contribution in [2.24, 2.45) is 0 Å². The molecule has 0 heterocycles. The lowest BCUT2D eigenvalue weighted by molar-refractivity contribution is -0.140. The third-order valence-electron chi connectivity index (χ3n) is 7.67. The van der Waals surface area contributed by atoms with Gasteiger partial charge < -0.3 is 15.0 Å². The number of nitrogens with one attached hydrogen (secondary N) is 1. The van der Waals surface area contributed by atoms with Crippen LogP contribution in [0.15, 0.2) is 108 Å². The van der Waals surface area contributed by atoms with Gasteiger partial charge in [0.25, 0.3) is 10.0 Å². The maximum absolute atomic E-state index is 14.7. The Bertz CT molecular complexity index is 1760. The normalized spacial score (nSPS) is 12.5. The number of carbonyl (C=O) groups is 2. The van der Waals surface area contributed by atoms with Crippen molar-refractivity contribution in [3.8, 4) is 5.75 Å². The van der Waals surface area contributed by atoms with Crippen molar-refractivity contribution in [1.82, 2.24) is 10.2 Å². The van der Waals surface area contributed by atoms with Crippen molar-refractivity contribution in [2.75, 3.05) is 17.5 Å². The Labute approximate surface area is 287 Å². The molecule has 4 aromatic carbocycles. The molecule has 248 valence electrons. The van der Waals surface area contributed by atoms with Gasteiger partial charge in [0.15, 0.2) is 0 Å². The highest BCUT2D eigenvalue weighted by Crippen LogP contribution is 2.33. The van der Waals surface area contributed by atoms with Gasteiger partial charge in [0, 0.05) is 29.1 Å². The Hall–Kier alpha value is -4.05. The number of para-hydroxylation sites is 2. The van der Waals surface area contributed by atoms with E-state index < -0.39 is 28.5 Å². The van der Waals surface area contributed by atoms with Gasteiger partial charge in [-0.05, 0) is 67.8 Å². The lowest BCUT2D eigenvalue weighted by atomic mass is 10.0. The number of rotatable bonds is 15. The lowest BCUT2D eigenvalue weighted by Gasteiger charge is -2.34. The monoisotopic (exact) mass is 695 g/mol. The summed E-state index contributed by atoms with van der Waals surface area (Å²) in [6.45, 7) is 5.22. The van der Waals surface area contributed by atoms with Crippen LogP contribution < -0.4 is 14.4 Å². The molecule has 0 saturated heterocycles. The van der Waals surface area contributed by atoms with Crippen molar-refractivity contribution in [3.63, 3.8) is 0 Å². The predicted molar refractivity (Wildman–Crippen MR) is 187 cm³/mol. The average molecular weight is 697 g/mol. The van der Waals surface area contributed by atoms with Gasteiger partial charge in [-0.15, -0.1) is 0 Å². The molecular formula is C36H39Cl2N3O5S. The fourth-order valence-electron chi connectivity index (χ4n) is 5.00. The van der Waals surface area contributed by atoms with Crippen LogP contribution in [0.5, 0.6) is 5.75 Å². The summed E-state index contributed by atoms with van der Waals surface area (Å²) < 4.78 is 35.4. The number of sulfonamides is 1. The van der Waals surface area contributed by atoms with E-state index in [1.54, 1.807) is 67.6 Å². The highest BCUT2D eigenvalue weighted by atomic mass is 35.5. The molecule has 4 aromatic rings. The molecular weight excluding hydrogens is 657 g/mol. The maximum Gasteiger partial charge on any atom is 0.264 e. The molecule has 2 atom stereocenters. The number of hydrogen-bond donors (Lipinski definition) is 1. The van der Waals surface area contributed by atoms with Crippen LogP contribution in [0.25, 0.3) is 0 Å². The standard InChI is InChI=1S/C36H39Cl2N3O5S/c1-4-26(3)39-36(43)33(22-27-14-8-6-9-15-27)40(24-28-20-21-29(37)23-31(28)38)35(42)25-41(32-18-12-13-19-34(32)46-5-2)47(44,45)30-16-10-7-11-17-30/h6-21,23,26,33H,4-5,22,24-25H2,1-3H3,(H,39,43). The highest BCUT2D eigenvalue weighted by molar-refractivity contribution is 7.92. The molecule has 0 fully saturated rings. The number of carbonyl (C=O) groups excluding carboxylic acids is 2. The molecule has 0 aliphatic heterocycles. The minimum Gasteiger partial charge on any atom is -0.492 e. The maximum atomic E-state index is 14.7. The first kappa shape index (κ1) is 35.8. The van der Waals surface area contributed by atoms with Crippen LogP contribution in [0.2, 0.25) is 10.0 Å². The first-order valence-corrected chi connectivity index (χ1v) is 17.6. The summed E-state index contributed by atoms with van der Waals surface area (Å²) in [7, 11) is -4.28. The Morgan fingerprint density at radius 1 is 0.872 bits per heavy atom. The fraction of sp³-hybridized carbons (Fsp3) is 0.278. The summed E-state index contributed by atoms with van der Waals surface area (Å²) in [6.07, 6.45) is 0.860. The number of ether oxygens (including phenoxy) is 1. The van der Waals surface area contributed by atoms with Gasteiger partial charge in [-0.2, -0.15) is 0 Å². The van der Waals surface area contributed by atoms with Gasteiger partial charge in [0.05, 0.1) is 17.2 Å². The second-order valence-corrected chi connectivity index (χ2v) is 13.7. The van der Waals surface area contributed by atoms with Gasteiger partial charge in [0.1, 0.15) is 18.3 Å². The van der Waals surface area contributed by atoms with E-state index in [1.807, 2.05) is 44.2 Å². The summed E-state index contributed by atoms with van der Waals surface area (Å²) in [5.41, 5.74) is 1.57. The molecule has 0 bridgehead atoms. The number of hydrogen-bond acceptors (Lipinski definition) is 5. The Kier molecular flexibility index (Phi) is 12.7. The summed E-state index contributed by atoms with van der Waals surface area (Å²) in [5.74, 6) is -0.680. The zero-order chi connectivity index (χ0) is 34.0. The van der Waals surface area contributed by atoms with Gasteiger partial charge in [0.2, 0.25) is 11.8 Å². The van der Waals surface area contributed by atoms with E-state index in [0.717, 1.165) is 9.87 Å². The molecule has 8 nitrogen and oxygen atoms in total. The Balaban J connectivity index is 1.86. The summed E-state index contributed by atoms with van der Waals surface area (Å²) in [5, 5.41) is 3.75. The molecule has 2 unspecified atom stereocenters. The van der Waals surface area contributed by atoms with E-state index in [-0.39, 0.29) is 42.1 Å². The summed E-state index contributed by atoms with van der Waals surface area (Å²) in [6, 6.07) is 27.6. The molecule has 0 aromatic heterocycles. The number of halogens is 2. The minimum atomic E-state index is -4.28. The zero-order valence-corrected chi connectivity index (χ0v) is 28.9. The van der Waals surface area contributed by atoms with Crippen LogP contribution >= 0.6 is 23.2 Å². The van der Waals surface area contributed by atoms with Crippen LogP contribution in [-0.2, 0) is 32.6 Å². The van der Waals surface area contributed by atoms with E-state index in [0.29, 0.717) is 27.8 Å². The highest BCUT2D eigenvalue weighted by Gasteiger charge is 2.36. The second-order valence-electron chi connectivity index (χ2n) is 11.0. The van der Waals surface area contributed by atoms with Crippen molar-refractivity contribution >= 4 is 50.7 Å². The van der Waals surface area contributed by atoms with Crippen LogP contribution in [0.4, 0.5) is 5.69 Å². The minimum absolute atomic E-state index is 0.00162. The SMILES string of the molecule is CCOc1ccccc1N(CC(=O)N(Cc1ccc(Cl)cc1Cl)C(Cc1ccccc1)C(=O)NC(C)CC)S(=O)(=O)c1ccccc1. The van der Waals surface area contributed by atoms with E-state index in [4.69, 9.17) is 27.9 Å². The first-order chi connectivity index (χ1) is 22.5. The van der Waals surface area contributed by atoms with Crippen molar-refractivity contribution in [1.29, 1.82) is 0 Å². The van der Waals surface area contributed by atoms with E-state index >= 15 is 0 Å². The third kappa shape index (κ3) is 9.28. The van der Waals surface area contributed by atoms with Crippen molar-refractivity contribution in [2.45, 2.75) is 57.1 Å². The molecule has 11 heteroatoms. The Morgan fingerprint density at radius 2 is 1.51 bits per heavy atom. The summed E-state index contributed by atoms with van der Waals surface area (Å²) in [4.78, 5) is 30.1. The molecule has 0 aliphatic rings. The van der Waals surface area contributed by atoms with Gasteiger partial charge >= 0.3 is 0 Å². The van der Waals surface area contributed by atoms with Gasteiger partial charge in [-0.25, -0.2) is 8.42 Å². The third-order valence-corrected chi connectivity index (χ3v) is 10.0. The van der Waals surface area contributed by atoms with E-state index in [9.17, 15) is 18.0 Å². The topological polar surface area (TPSA) is 96.0 Å². The van der Waals surface area contributed by atoms with Gasteiger partial charge in [-0.3, -0.25) is 13.9 Å². The van der Waals surface area contributed by atoms with Crippen LogP contribution in [0.3, 0.4) is 0 Å². The Morgan fingerprint density at radius 3 is 2.15 bits per heavy atom. The molecule has 4 rings (SSSR count). The first-order valence-electron chi connectivity index (χ1n) is 15.4. The molecule has 0 aliphatic carbocycles. The second kappa shape index (κ2) is 16.7. The van der Waals surface area contributed by atoms with Crippen LogP contribution in [0.1, 0.15) is 38.3 Å². The number of anilines is 1. The number of benzene rings is 4. The van der Waals surface area contributed by atoms with E-state index in [2.05, 4.69) is 5.32 Å². The van der Waals surface area contributed by atoms with Crippen LogP contribution in [-0.4, -0.2) is 50.4 Å². The molecule has 2 amide bonds. The molecule has 0 saturated carbocycles. The van der Waals surface area contributed by atoms with Crippen LogP contribution in [0, 0.1) is 0 Å². The average Bonchev–Trinajstić information content (AvgIpc) is 3.07. The number of amides is 2. The summed E-state index contributed by atoms with van der Waals surface area (Å²) >= 11 is 12.8. The molecule has 47 heavy (non-hydrogen) atoms. The quantitative estimate of drug-likeness (QED) is 0.143. The van der Waals surface area contributed by atoms with Crippen molar-refractivity contribution in [3.05, 3.63) is 124 Å². The van der Waals surface area contributed by atoms with Gasteiger partial charge in [-0.1, -0.05) is 96.9 Å². The van der Waals surface area contributed by atoms with Crippen molar-refractivity contribution < 1.29 is 22.7 Å². The lowest BCUT2D eigenvalue weighted by Crippen LogP contribution is -2.54. The molecule has 0 spiro atoms. The zero-order valence-electron chi connectivity index (χ0n) is 26.6. The largest absolute Gasteiger partial charge is 0.492 e. The van der Waals surface area contributed by atoms with E-state index in [1.165, 1.54) is 17.0 Å².